The van der Waals surface area contributed by atoms with Crippen LogP contribution >= 0.6 is 11.6 Å². The average molecular weight is 322 g/mol. The number of nitrogens with zero attached hydrogens (tertiary/aromatic N) is 3. The topological polar surface area (TPSA) is 51.4 Å². The molecule has 0 radical (unpaired) electrons. The van der Waals surface area contributed by atoms with Gasteiger partial charge in [0.25, 0.3) is 5.89 Å². The van der Waals surface area contributed by atoms with Crippen LogP contribution in [0.2, 0.25) is 5.02 Å². The molecule has 0 amide bonds. The van der Waals surface area contributed by atoms with E-state index in [9.17, 15) is 0 Å². The summed E-state index contributed by atoms with van der Waals surface area (Å²) in [6.45, 7) is 5.45. The van der Waals surface area contributed by atoms with E-state index < -0.39 is 0 Å². The van der Waals surface area contributed by atoms with Gasteiger partial charge >= 0.3 is 0 Å². The number of aromatic nitrogens is 2. The van der Waals surface area contributed by atoms with E-state index >= 15 is 0 Å². The third-order valence-electron chi connectivity index (χ3n) is 3.79. The highest BCUT2D eigenvalue weighted by Gasteiger charge is 2.14. The first kappa shape index (κ1) is 15.3. The van der Waals surface area contributed by atoms with E-state index in [1.165, 1.54) is 12.8 Å². The van der Waals surface area contributed by atoms with E-state index in [4.69, 9.17) is 20.8 Å². The van der Waals surface area contributed by atoms with Crippen molar-refractivity contribution in [2.75, 3.05) is 13.1 Å². The number of hydrogen-bond acceptors (Lipinski definition) is 5. The van der Waals surface area contributed by atoms with E-state index in [0.29, 0.717) is 17.5 Å². The van der Waals surface area contributed by atoms with Crippen molar-refractivity contribution in [3.05, 3.63) is 40.6 Å². The quantitative estimate of drug-likeness (QED) is 0.815. The highest BCUT2D eigenvalue weighted by molar-refractivity contribution is 6.31. The Morgan fingerprint density at radius 3 is 2.68 bits per heavy atom. The molecule has 118 valence electrons. The normalized spacial score (nSPS) is 15.4. The lowest BCUT2D eigenvalue weighted by molar-refractivity contribution is 0.259. The second kappa shape index (κ2) is 7.11. The Kier molecular flexibility index (Phi) is 4.95. The summed E-state index contributed by atoms with van der Waals surface area (Å²) >= 11 is 6.36. The molecule has 0 N–H and O–H groups in total. The van der Waals surface area contributed by atoms with Crippen LogP contribution in [-0.4, -0.2) is 28.2 Å². The number of benzene rings is 1. The molecule has 1 aliphatic rings. The summed E-state index contributed by atoms with van der Waals surface area (Å²) in [5.74, 6) is 1.82. The number of hydrogen-bond donors (Lipinski definition) is 0. The van der Waals surface area contributed by atoms with Crippen LogP contribution in [0.4, 0.5) is 0 Å². The fourth-order valence-electron chi connectivity index (χ4n) is 2.56. The van der Waals surface area contributed by atoms with Crippen molar-refractivity contribution in [2.24, 2.45) is 0 Å². The summed E-state index contributed by atoms with van der Waals surface area (Å²) in [6, 6.07) is 5.82. The molecule has 1 aliphatic heterocycles. The smallest absolute Gasteiger partial charge is 0.253 e. The summed E-state index contributed by atoms with van der Waals surface area (Å²) in [5, 5.41) is 8.58. The lowest BCUT2D eigenvalue weighted by atomic mass is 10.2. The Morgan fingerprint density at radius 2 is 2.00 bits per heavy atom. The van der Waals surface area contributed by atoms with E-state index in [-0.39, 0.29) is 6.61 Å². The third-order valence-corrected chi connectivity index (χ3v) is 4.14. The Morgan fingerprint density at radius 1 is 1.23 bits per heavy atom. The van der Waals surface area contributed by atoms with Crippen LogP contribution in [0, 0.1) is 0 Å². The molecule has 0 unspecified atom stereocenters. The predicted molar refractivity (Wildman–Crippen MR) is 84.0 cm³/mol. The predicted octanol–water partition coefficient (Wildman–Crippen LogP) is 3.46. The third kappa shape index (κ3) is 3.78. The van der Waals surface area contributed by atoms with Gasteiger partial charge in [-0.1, -0.05) is 24.6 Å². The molecule has 5 nitrogen and oxygen atoms in total. The summed E-state index contributed by atoms with van der Waals surface area (Å²) < 4.78 is 11.1. The molecule has 1 fully saturated rings. The van der Waals surface area contributed by atoms with Gasteiger partial charge in [-0.25, -0.2) is 0 Å². The second-order valence-corrected chi connectivity index (χ2v) is 5.88. The summed E-state index contributed by atoms with van der Waals surface area (Å²) in [7, 11) is 0. The lowest BCUT2D eigenvalue weighted by Crippen LogP contribution is -2.18. The fourth-order valence-corrected chi connectivity index (χ4v) is 2.79. The van der Waals surface area contributed by atoms with Gasteiger partial charge in [0.1, 0.15) is 5.75 Å². The first-order chi connectivity index (χ1) is 10.7. The fraction of sp³-hybridized carbons (Fsp3) is 0.500. The number of rotatable bonds is 6. The van der Waals surface area contributed by atoms with Gasteiger partial charge < -0.3 is 9.15 Å². The maximum Gasteiger partial charge on any atom is 0.253 e. The van der Waals surface area contributed by atoms with Crippen LogP contribution in [0.3, 0.4) is 0 Å². The molecule has 1 saturated heterocycles. The van der Waals surface area contributed by atoms with E-state index in [2.05, 4.69) is 15.1 Å². The van der Waals surface area contributed by atoms with Crippen molar-refractivity contribution in [3.63, 3.8) is 0 Å². The molecule has 0 saturated carbocycles. The van der Waals surface area contributed by atoms with E-state index in [1.54, 1.807) is 0 Å². The Hall–Kier alpha value is -1.59. The molecular weight excluding hydrogens is 302 g/mol. The highest BCUT2D eigenvalue weighted by atomic mass is 35.5. The van der Waals surface area contributed by atoms with Crippen LogP contribution in [0.15, 0.2) is 22.6 Å². The summed E-state index contributed by atoms with van der Waals surface area (Å²) in [4.78, 5) is 2.42. The second-order valence-electron chi connectivity index (χ2n) is 5.47. The molecule has 22 heavy (non-hydrogen) atoms. The summed E-state index contributed by atoms with van der Waals surface area (Å²) in [6.07, 6.45) is 3.29. The van der Waals surface area contributed by atoms with Crippen molar-refractivity contribution >= 4 is 11.6 Å². The van der Waals surface area contributed by atoms with Crippen LogP contribution in [-0.2, 0) is 19.6 Å². The number of ether oxygens (including phenoxy) is 1. The zero-order valence-corrected chi connectivity index (χ0v) is 13.5. The Bertz CT molecular complexity index is 624. The van der Waals surface area contributed by atoms with Crippen molar-refractivity contribution in [3.8, 4) is 5.75 Å². The van der Waals surface area contributed by atoms with Crippen LogP contribution in [0.5, 0.6) is 5.75 Å². The minimum Gasteiger partial charge on any atom is -0.484 e. The van der Waals surface area contributed by atoms with Gasteiger partial charge in [-0.2, -0.15) is 0 Å². The van der Waals surface area contributed by atoms with E-state index in [0.717, 1.165) is 36.6 Å². The number of likely N-dealkylation sites (tertiary alicyclic amines) is 1. The van der Waals surface area contributed by atoms with Gasteiger partial charge in [-0.15, -0.1) is 10.2 Å². The molecule has 2 aromatic rings. The van der Waals surface area contributed by atoms with Crippen molar-refractivity contribution < 1.29 is 9.15 Å². The molecule has 1 aromatic heterocycles. The van der Waals surface area contributed by atoms with Crippen LogP contribution < -0.4 is 4.74 Å². The minimum atomic E-state index is 0.259. The summed E-state index contributed by atoms with van der Waals surface area (Å²) in [5.41, 5.74) is 1.14. The molecule has 0 bridgehead atoms. The largest absolute Gasteiger partial charge is 0.484 e. The van der Waals surface area contributed by atoms with E-state index in [1.807, 2.05) is 25.1 Å². The zero-order chi connectivity index (χ0) is 15.4. The van der Waals surface area contributed by atoms with Gasteiger partial charge in [0.05, 0.1) is 0 Å². The Balaban J connectivity index is 1.58. The number of halogens is 1. The van der Waals surface area contributed by atoms with Crippen molar-refractivity contribution in [2.45, 2.75) is 39.3 Å². The first-order valence-electron chi connectivity index (χ1n) is 7.69. The van der Waals surface area contributed by atoms with Gasteiger partial charge in [0.2, 0.25) is 5.89 Å². The molecule has 1 aromatic carbocycles. The molecule has 0 spiro atoms. The monoisotopic (exact) mass is 321 g/mol. The molecule has 0 atom stereocenters. The Labute approximate surface area is 135 Å². The zero-order valence-electron chi connectivity index (χ0n) is 12.7. The van der Waals surface area contributed by atoms with Gasteiger partial charge in [0.15, 0.2) is 6.61 Å². The van der Waals surface area contributed by atoms with Gasteiger partial charge in [-0.05, 0) is 43.6 Å². The van der Waals surface area contributed by atoms with Crippen molar-refractivity contribution in [1.82, 2.24) is 15.1 Å². The standard InChI is InChI=1S/C16H20ClN3O2/c1-2-15-18-19-16(22-15)11-21-13-6-5-12(14(17)9-13)10-20-7-3-4-8-20/h5-6,9H,2-4,7-8,10-11H2,1H3. The maximum absolute atomic E-state index is 6.36. The molecule has 0 aliphatic carbocycles. The van der Waals surface area contributed by atoms with Crippen molar-refractivity contribution in [1.29, 1.82) is 0 Å². The molecule has 3 rings (SSSR count). The molecule has 2 heterocycles. The lowest BCUT2D eigenvalue weighted by Gasteiger charge is -2.16. The average Bonchev–Trinajstić information content (AvgIpc) is 3.19. The van der Waals surface area contributed by atoms with Crippen LogP contribution in [0.1, 0.15) is 37.1 Å². The van der Waals surface area contributed by atoms with Gasteiger partial charge in [0, 0.05) is 18.0 Å². The highest BCUT2D eigenvalue weighted by Crippen LogP contribution is 2.25. The SMILES string of the molecule is CCc1nnc(COc2ccc(CN3CCCC3)c(Cl)c2)o1. The van der Waals surface area contributed by atoms with Gasteiger partial charge in [-0.3, -0.25) is 4.90 Å². The molecule has 6 heteroatoms. The first-order valence-corrected chi connectivity index (χ1v) is 8.07. The number of aryl methyl sites for hydroxylation is 1. The molecular formula is C16H20ClN3O2. The maximum atomic E-state index is 6.36. The van der Waals surface area contributed by atoms with Crippen LogP contribution in [0.25, 0.3) is 0 Å². The minimum absolute atomic E-state index is 0.259.